The van der Waals surface area contributed by atoms with Crippen molar-refractivity contribution in [1.82, 2.24) is 14.7 Å². The number of rotatable bonds is 5. The van der Waals surface area contributed by atoms with E-state index in [2.05, 4.69) is 10.1 Å². The Labute approximate surface area is 167 Å². The summed E-state index contributed by atoms with van der Waals surface area (Å²) in [5, 5.41) is 4.33. The lowest BCUT2D eigenvalue weighted by atomic mass is 10.1. The average Bonchev–Trinajstić information content (AvgIpc) is 3.27. The highest BCUT2D eigenvalue weighted by molar-refractivity contribution is 7.99. The lowest BCUT2D eigenvalue weighted by Gasteiger charge is -2.12. The van der Waals surface area contributed by atoms with Crippen molar-refractivity contribution < 1.29 is 22.8 Å². The van der Waals surface area contributed by atoms with Crippen molar-refractivity contribution in [3.05, 3.63) is 63.7 Å². The zero-order valence-corrected chi connectivity index (χ0v) is 16.0. The molecule has 3 aromatic rings. The molecule has 3 heterocycles. The van der Waals surface area contributed by atoms with Crippen molar-refractivity contribution in [2.24, 2.45) is 0 Å². The number of aromatic nitrogens is 3. The fourth-order valence-electron chi connectivity index (χ4n) is 3.01. The molecule has 1 aliphatic rings. The summed E-state index contributed by atoms with van der Waals surface area (Å²) < 4.78 is 38.6. The molecule has 0 amide bonds. The third-order valence-corrected chi connectivity index (χ3v) is 5.45. The maximum Gasteiger partial charge on any atom is 0.308 e. The molecular formula is C19H15F2N3O4S. The first kappa shape index (κ1) is 19.3. The first-order chi connectivity index (χ1) is 13.9. The minimum atomic E-state index is -0.781. The van der Waals surface area contributed by atoms with Crippen LogP contribution in [0.3, 0.4) is 0 Å². The highest BCUT2D eigenvalue weighted by Crippen LogP contribution is 2.32. The van der Waals surface area contributed by atoms with E-state index in [9.17, 15) is 18.4 Å². The summed E-state index contributed by atoms with van der Waals surface area (Å²) in [6, 6.07) is 5.61. The minimum Gasteiger partial charge on any atom is -0.459 e. The summed E-state index contributed by atoms with van der Waals surface area (Å²) in [7, 11) is 0. The van der Waals surface area contributed by atoms with E-state index in [1.54, 1.807) is 6.92 Å². The fraction of sp³-hybridized carbons (Fsp3) is 0.263. The van der Waals surface area contributed by atoms with Gasteiger partial charge in [0, 0.05) is 29.6 Å². The van der Waals surface area contributed by atoms with E-state index in [1.807, 2.05) is 0 Å². The van der Waals surface area contributed by atoms with Crippen molar-refractivity contribution in [1.29, 1.82) is 0 Å². The van der Waals surface area contributed by atoms with E-state index >= 15 is 0 Å². The largest absolute Gasteiger partial charge is 0.459 e. The third kappa shape index (κ3) is 4.07. The fourth-order valence-corrected chi connectivity index (χ4v) is 4.21. The standard InChI is InChI=1S/C19H15F2N3O4S/c1-10-4-17(25)24-13(9-29-19(24)22-10)7-18(26)27-8-12-6-16(28-23-12)14-3-2-11(20)5-15(14)21/h2-6,13H,7-9H2,1H3. The molecule has 1 aliphatic heterocycles. The summed E-state index contributed by atoms with van der Waals surface area (Å²) in [5.41, 5.74) is 0.778. The lowest BCUT2D eigenvalue weighted by molar-refractivity contribution is -0.145. The summed E-state index contributed by atoms with van der Waals surface area (Å²) in [5.74, 6) is -1.33. The highest BCUT2D eigenvalue weighted by Gasteiger charge is 2.28. The van der Waals surface area contributed by atoms with E-state index < -0.39 is 17.6 Å². The van der Waals surface area contributed by atoms with Gasteiger partial charge in [-0.2, -0.15) is 0 Å². The Morgan fingerprint density at radius 3 is 2.97 bits per heavy atom. The average molecular weight is 419 g/mol. The Morgan fingerprint density at radius 1 is 1.34 bits per heavy atom. The van der Waals surface area contributed by atoms with Gasteiger partial charge in [0.15, 0.2) is 10.9 Å². The van der Waals surface area contributed by atoms with Gasteiger partial charge < -0.3 is 9.26 Å². The monoisotopic (exact) mass is 419 g/mol. The molecule has 2 aromatic heterocycles. The van der Waals surface area contributed by atoms with Gasteiger partial charge in [-0.15, -0.1) is 0 Å². The molecule has 0 saturated heterocycles. The van der Waals surface area contributed by atoms with Gasteiger partial charge >= 0.3 is 5.97 Å². The highest BCUT2D eigenvalue weighted by atomic mass is 32.2. The Kier molecular flexibility index (Phi) is 5.18. The van der Waals surface area contributed by atoms with Gasteiger partial charge in [-0.3, -0.25) is 14.2 Å². The van der Waals surface area contributed by atoms with Crippen LogP contribution in [-0.2, 0) is 16.1 Å². The van der Waals surface area contributed by atoms with Gasteiger partial charge in [-0.25, -0.2) is 13.8 Å². The number of halogens is 2. The normalized spacial score (nSPS) is 15.3. The predicted octanol–water partition coefficient (Wildman–Crippen LogP) is 3.27. The minimum absolute atomic E-state index is 0.0158. The number of carbonyl (C=O) groups excluding carboxylic acids is 1. The molecule has 1 unspecified atom stereocenters. The van der Waals surface area contributed by atoms with E-state index in [0.29, 0.717) is 16.6 Å². The molecule has 1 atom stereocenters. The van der Waals surface area contributed by atoms with Gasteiger partial charge in [0.25, 0.3) is 5.56 Å². The van der Waals surface area contributed by atoms with Crippen LogP contribution in [0.25, 0.3) is 11.3 Å². The molecule has 0 bridgehead atoms. The Balaban J connectivity index is 1.38. The number of esters is 1. The molecule has 0 fully saturated rings. The van der Waals surface area contributed by atoms with Gasteiger partial charge in [0.05, 0.1) is 18.0 Å². The van der Waals surface area contributed by atoms with E-state index in [1.165, 1.54) is 34.5 Å². The van der Waals surface area contributed by atoms with Crippen molar-refractivity contribution in [3.63, 3.8) is 0 Å². The van der Waals surface area contributed by atoms with Crippen LogP contribution in [-0.4, -0.2) is 26.4 Å². The first-order valence-corrected chi connectivity index (χ1v) is 9.69. The van der Waals surface area contributed by atoms with Crippen LogP contribution in [0.2, 0.25) is 0 Å². The second kappa shape index (κ2) is 7.78. The lowest BCUT2D eigenvalue weighted by Crippen LogP contribution is -2.26. The molecule has 0 aliphatic carbocycles. The molecule has 0 spiro atoms. The van der Waals surface area contributed by atoms with Crippen LogP contribution in [0.5, 0.6) is 0 Å². The number of carbonyl (C=O) groups is 1. The second-order valence-electron chi connectivity index (χ2n) is 6.52. The van der Waals surface area contributed by atoms with Gasteiger partial charge in [0.1, 0.15) is 23.9 Å². The number of fused-ring (bicyclic) bond motifs is 1. The number of thioether (sulfide) groups is 1. The third-order valence-electron chi connectivity index (χ3n) is 4.36. The zero-order chi connectivity index (χ0) is 20.5. The van der Waals surface area contributed by atoms with Gasteiger partial charge in [-0.05, 0) is 19.1 Å². The summed E-state index contributed by atoms with van der Waals surface area (Å²) in [6.07, 6.45) is 0.0158. The summed E-state index contributed by atoms with van der Waals surface area (Å²) in [4.78, 5) is 28.7. The van der Waals surface area contributed by atoms with Gasteiger partial charge in [-0.1, -0.05) is 16.9 Å². The van der Waals surface area contributed by atoms with Crippen molar-refractivity contribution in [3.8, 4) is 11.3 Å². The number of hydrogen-bond acceptors (Lipinski definition) is 7. The quantitative estimate of drug-likeness (QED) is 0.463. The molecule has 0 N–H and O–H groups in total. The number of ether oxygens (including phenoxy) is 1. The Morgan fingerprint density at radius 2 is 2.17 bits per heavy atom. The number of benzene rings is 1. The summed E-state index contributed by atoms with van der Waals surface area (Å²) in [6.45, 7) is 1.58. The van der Waals surface area contributed by atoms with Crippen LogP contribution >= 0.6 is 11.8 Å². The van der Waals surface area contributed by atoms with Crippen LogP contribution < -0.4 is 5.56 Å². The first-order valence-electron chi connectivity index (χ1n) is 8.70. The molecule has 4 rings (SSSR count). The molecule has 1 aromatic carbocycles. The van der Waals surface area contributed by atoms with Crippen LogP contribution in [0, 0.1) is 18.6 Å². The number of nitrogens with zero attached hydrogens (tertiary/aromatic N) is 3. The van der Waals surface area contributed by atoms with Gasteiger partial charge in [0.2, 0.25) is 0 Å². The maximum absolute atomic E-state index is 13.8. The molecule has 7 nitrogen and oxygen atoms in total. The smallest absolute Gasteiger partial charge is 0.308 e. The van der Waals surface area contributed by atoms with Crippen molar-refractivity contribution in [2.45, 2.75) is 31.1 Å². The number of hydrogen-bond donors (Lipinski definition) is 0. The SMILES string of the molecule is Cc1cc(=O)n2c(n1)SCC2CC(=O)OCc1cc(-c2ccc(F)cc2F)on1. The van der Waals surface area contributed by atoms with Crippen LogP contribution in [0.1, 0.15) is 23.9 Å². The number of aryl methyl sites for hydroxylation is 1. The van der Waals surface area contributed by atoms with E-state index in [4.69, 9.17) is 9.26 Å². The second-order valence-corrected chi connectivity index (χ2v) is 7.51. The summed E-state index contributed by atoms with van der Waals surface area (Å²) >= 11 is 1.42. The molecule has 150 valence electrons. The Hall–Kier alpha value is -3.01. The molecule has 29 heavy (non-hydrogen) atoms. The maximum atomic E-state index is 13.8. The van der Waals surface area contributed by atoms with E-state index in [0.717, 1.165) is 12.1 Å². The molecule has 10 heteroatoms. The Bertz CT molecular complexity index is 1140. The van der Waals surface area contributed by atoms with Crippen LogP contribution in [0.15, 0.2) is 44.8 Å². The molecule has 0 saturated carbocycles. The van der Waals surface area contributed by atoms with Crippen molar-refractivity contribution >= 4 is 17.7 Å². The predicted molar refractivity (Wildman–Crippen MR) is 99.3 cm³/mol. The molecular weight excluding hydrogens is 404 g/mol. The topological polar surface area (TPSA) is 87.2 Å². The van der Waals surface area contributed by atoms with Crippen molar-refractivity contribution in [2.75, 3.05) is 5.75 Å². The van der Waals surface area contributed by atoms with Crippen LogP contribution in [0.4, 0.5) is 8.78 Å². The zero-order valence-electron chi connectivity index (χ0n) is 15.2. The van der Waals surface area contributed by atoms with E-state index in [-0.39, 0.29) is 41.6 Å². The molecule has 0 radical (unpaired) electrons.